The summed E-state index contributed by atoms with van der Waals surface area (Å²) in [6.07, 6.45) is 0.877. The Labute approximate surface area is 67.0 Å². The van der Waals surface area contributed by atoms with E-state index in [0.717, 1.165) is 0 Å². The minimum atomic E-state index is -2.38. The molecule has 0 saturated heterocycles. The molecule has 1 fully saturated rings. The predicted octanol–water partition coefficient (Wildman–Crippen LogP) is 3.47. The highest BCUT2D eigenvalue weighted by Crippen LogP contribution is 2.46. The second kappa shape index (κ2) is 2.43. The van der Waals surface area contributed by atoms with Crippen LogP contribution < -0.4 is 0 Å². The zero-order valence-electron chi connectivity index (χ0n) is 7.45. The van der Waals surface area contributed by atoms with Crippen LogP contribution in [0.5, 0.6) is 0 Å². The lowest BCUT2D eigenvalue weighted by Gasteiger charge is -2.26. The molecule has 0 aromatic rings. The van der Waals surface area contributed by atoms with Gasteiger partial charge in [0.25, 0.3) is 0 Å². The number of hydrogen-bond acceptors (Lipinski definition) is 0. The van der Waals surface area contributed by atoms with Crippen LogP contribution in [0.1, 0.15) is 40.0 Å². The Morgan fingerprint density at radius 3 is 2.00 bits per heavy atom. The molecule has 0 spiro atoms. The summed E-state index contributed by atoms with van der Waals surface area (Å²) in [5.74, 6) is -2.17. The number of halogens is 2. The van der Waals surface area contributed by atoms with E-state index in [1.807, 2.05) is 20.8 Å². The first-order valence-electron chi connectivity index (χ1n) is 4.19. The lowest BCUT2D eigenvalue weighted by atomic mass is 9.80. The average Bonchev–Trinajstić information content (AvgIpc) is 2.07. The Morgan fingerprint density at radius 1 is 1.27 bits per heavy atom. The van der Waals surface area contributed by atoms with Crippen LogP contribution in [-0.4, -0.2) is 5.92 Å². The molecule has 2 heteroatoms. The molecule has 1 saturated carbocycles. The second-order valence-corrected chi connectivity index (χ2v) is 4.66. The van der Waals surface area contributed by atoms with Crippen molar-refractivity contribution >= 4 is 0 Å². The van der Waals surface area contributed by atoms with Crippen molar-refractivity contribution < 1.29 is 8.78 Å². The second-order valence-electron chi connectivity index (χ2n) is 4.66. The molecule has 1 aliphatic carbocycles. The van der Waals surface area contributed by atoms with Crippen LogP contribution >= 0.6 is 0 Å². The third-order valence-corrected chi connectivity index (χ3v) is 2.63. The molecule has 0 unspecified atom stereocenters. The summed E-state index contributed by atoms with van der Waals surface area (Å²) < 4.78 is 25.4. The van der Waals surface area contributed by atoms with Gasteiger partial charge in [-0.1, -0.05) is 20.8 Å². The van der Waals surface area contributed by atoms with E-state index in [1.165, 1.54) is 0 Å². The topological polar surface area (TPSA) is 0 Å². The number of hydrogen-bond donors (Lipinski definition) is 0. The highest BCUT2D eigenvalue weighted by atomic mass is 19.3. The summed E-state index contributed by atoms with van der Waals surface area (Å²) in [5, 5.41) is 0. The molecule has 0 aromatic carbocycles. The molecule has 66 valence electrons. The average molecular weight is 162 g/mol. The molecule has 0 N–H and O–H groups in total. The fourth-order valence-electron chi connectivity index (χ4n) is 1.69. The molecule has 1 rings (SSSR count). The van der Waals surface area contributed by atoms with Crippen molar-refractivity contribution in [2.75, 3.05) is 0 Å². The van der Waals surface area contributed by atoms with Gasteiger partial charge in [0.2, 0.25) is 5.92 Å². The summed E-state index contributed by atoms with van der Waals surface area (Å²) in [5.41, 5.74) is 0.0555. The van der Waals surface area contributed by atoms with Gasteiger partial charge in [0.1, 0.15) is 0 Å². The molecule has 0 amide bonds. The zero-order chi connectivity index (χ0) is 8.70. The van der Waals surface area contributed by atoms with Gasteiger partial charge >= 0.3 is 0 Å². The lowest BCUT2D eigenvalue weighted by molar-refractivity contribution is -0.000954. The van der Waals surface area contributed by atoms with E-state index in [-0.39, 0.29) is 24.2 Å². The molecule has 0 bridgehead atoms. The summed E-state index contributed by atoms with van der Waals surface area (Å²) in [6.45, 7) is 6.12. The number of alkyl halides is 2. The fourth-order valence-corrected chi connectivity index (χ4v) is 1.69. The van der Waals surface area contributed by atoms with E-state index in [9.17, 15) is 8.78 Å². The van der Waals surface area contributed by atoms with Gasteiger partial charge in [-0.25, -0.2) is 8.78 Å². The zero-order valence-corrected chi connectivity index (χ0v) is 7.45. The van der Waals surface area contributed by atoms with E-state index in [2.05, 4.69) is 0 Å². The minimum Gasteiger partial charge on any atom is -0.207 e. The minimum absolute atomic E-state index is 0.0555. The van der Waals surface area contributed by atoms with Crippen LogP contribution in [-0.2, 0) is 0 Å². The van der Waals surface area contributed by atoms with Crippen molar-refractivity contribution in [1.29, 1.82) is 0 Å². The normalized spacial score (nSPS) is 30.8. The van der Waals surface area contributed by atoms with Crippen molar-refractivity contribution in [2.45, 2.75) is 46.0 Å². The van der Waals surface area contributed by atoms with Crippen molar-refractivity contribution in [3.8, 4) is 0 Å². The van der Waals surface area contributed by atoms with Crippen molar-refractivity contribution in [2.24, 2.45) is 11.3 Å². The van der Waals surface area contributed by atoms with Crippen LogP contribution in [0.15, 0.2) is 0 Å². The first-order valence-corrected chi connectivity index (χ1v) is 4.19. The van der Waals surface area contributed by atoms with Gasteiger partial charge in [0.15, 0.2) is 0 Å². The summed E-state index contributed by atoms with van der Waals surface area (Å²) in [7, 11) is 0. The number of rotatable bonds is 0. The molecule has 1 atom stereocenters. The lowest BCUT2D eigenvalue weighted by Crippen LogP contribution is -2.19. The fraction of sp³-hybridized carbons (Fsp3) is 1.00. The SMILES string of the molecule is CC(C)(C)[C@@H]1CCC(F)(F)C1. The van der Waals surface area contributed by atoms with Gasteiger partial charge in [-0.2, -0.15) is 0 Å². The first kappa shape index (κ1) is 8.95. The Kier molecular flexibility index (Phi) is 1.97. The Bertz CT molecular complexity index is 144. The van der Waals surface area contributed by atoms with Gasteiger partial charge < -0.3 is 0 Å². The van der Waals surface area contributed by atoms with Gasteiger partial charge in [-0.15, -0.1) is 0 Å². The summed E-state index contributed by atoms with van der Waals surface area (Å²) >= 11 is 0. The van der Waals surface area contributed by atoms with Gasteiger partial charge in [0, 0.05) is 12.8 Å². The van der Waals surface area contributed by atoms with Gasteiger partial charge in [-0.05, 0) is 17.8 Å². The predicted molar refractivity (Wildman–Crippen MR) is 41.7 cm³/mol. The van der Waals surface area contributed by atoms with Gasteiger partial charge in [-0.3, -0.25) is 0 Å². The molecule has 0 heterocycles. The van der Waals surface area contributed by atoms with Crippen molar-refractivity contribution in [3.63, 3.8) is 0 Å². The molecular weight excluding hydrogens is 146 g/mol. The van der Waals surface area contributed by atoms with Crippen LogP contribution in [0.2, 0.25) is 0 Å². The Balaban J connectivity index is 2.55. The van der Waals surface area contributed by atoms with Crippen LogP contribution in [0.4, 0.5) is 8.78 Å². The molecule has 0 nitrogen and oxygen atoms in total. The molecule has 0 aliphatic heterocycles. The quantitative estimate of drug-likeness (QED) is 0.511. The highest BCUT2D eigenvalue weighted by Gasteiger charge is 2.43. The third-order valence-electron chi connectivity index (χ3n) is 2.63. The Morgan fingerprint density at radius 2 is 1.82 bits per heavy atom. The molecular formula is C9H16F2. The maximum absolute atomic E-state index is 12.7. The Hall–Kier alpha value is -0.140. The van der Waals surface area contributed by atoms with Crippen LogP contribution in [0.25, 0.3) is 0 Å². The summed E-state index contributed by atoms with van der Waals surface area (Å²) in [4.78, 5) is 0. The molecule has 0 aromatic heterocycles. The van der Waals surface area contributed by atoms with E-state index in [1.54, 1.807) is 0 Å². The largest absolute Gasteiger partial charge is 0.248 e. The van der Waals surface area contributed by atoms with Crippen LogP contribution in [0, 0.1) is 11.3 Å². The van der Waals surface area contributed by atoms with Crippen molar-refractivity contribution in [1.82, 2.24) is 0 Å². The van der Waals surface area contributed by atoms with Crippen LogP contribution in [0.3, 0.4) is 0 Å². The smallest absolute Gasteiger partial charge is 0.207 e. The molecule has 1 aliphatic rings. The van der Waals surface area contributed by atoms with E-state index < -0.39 is 5.92 Å². The standard InChI is InChI=1S/C9H16F2/c1-8(2,3)7-4-5-9(10,11)6-7/h7H,4-6H2,1-3H3/t7-/m1/s1. The third kappa shape index (κ3) is 2.14. The van der Waals surface area contributed by atoms with E-state index >= 15 is 0 Å². The summed E-state index contributed by atoms with van der Waals surface area (Å²) in [6, 6.07) is 0. The van der Waals surface area contributed by atoms with E-state index in [4.69, 9.17) is 0 Å². The van der Waals surface area contributed by atoms with E-state index in [0.29, 0.717) is 6.42 Å². The highest BCUT2D eigenvalue weighted by molar-refractivity contribution is 4.87. The maximum Gasteiger partial charge on any atom is 0.248 e. The monoisotopic (exact) mass is 162 g/mol. The first-order chi connectivity index (χ1) is 4.81. The van der Waals surface area contributed by atoms with Crippen molar-refractivity contribution in [3.05, 3.63) is 0 Å². The molecule has 0 radical (unpaired) electrons. The van der Waals surface area contributed by atoms with Gasteiger partial charge in [0.05, 0.1) is 0 Å². The molecule has 11 heavy (non-hydrogen) atoms. The maximum atomic E-state index is 12.7.